The van der Waals surface area contributed by atoms with Gasteiger partial charge in [0.05, 0.1) is 39.6 Å². The van der Waals surface area contributed by atoms with Crippen LogP contribution in [0.3, 0.4) is 0 Å². The summed E-state index contributed by atoms with van der Waals surface area (Å²) in [5, 5.41) is 0. The van der Waals surface area contributed by atoms with Gasteiger partial charge >= 0.3 is 0 Å². The zero-order valence-corrected chi connectivity index (χ0v) is 30.2. The van der Waals surface area contributed by atoms with Gasteiger partial charge in [-0.05, 0) is 44.9 Å². The summed E-state index contributed by atoms with van der Waals surface area (Å²) in [7, 11) is -0.154. The molecule has 2 aromatic rings. The van der Waals surface area contributed by atoms with Crippen LogP contribution in [0.15, 0.2) is 36.4 Å². The van der Waals surface area contributed by atoms with E-state index in [9.17, 15) is 0 Å². The Morgan fingerprint density at radius 2 is 0.786 bits per heavy atom. The lowest BCUT2D eigenvalue weighted by atomic mass is 9.80. The van der Waals surface area contributed by atoms with Crippen LogP contribution in [0.2, 0.25) is 0 Å². The van der Waals surface area contributed by atoms with Crippen LogP contribution in [0.5, 0.6) is 11.5 Å². The van der Waals surface area contributed by atoms with E-state index in [1.165, 1.54) is 22.3 Å². The summed E-state index contributed by atoms with van der Waals surface area (Å²) in [5.41, 5.74) is 5.15. The minimum absolute atomic E-state index is 0.0170. The Morgan fingerprint density at radius 3 is 1.10 bits per heavy atom. The molecule has 0 fully saturated rings. The van der Waals surface area contributed by atoms with Gasteiger partial charge in [-0.2, -0.15) is 0 Å². The molecule has 0 aromatic heterocycles. The van der Waals surface area contributed by atoms with Crippen LogP contribution in [-0.4, -0.2) is 39.6 Å². The van der Waals surface area contributed by atoms with Crippen molar-refractivity contribution in [2.45, 2.75) is 105 Å². The van der Waals surface area contributed by atoms with E-state index in [4.69, 9.17) is 27.6 Å². The SMILES string of the molecule is CC(C)(C)c1ccc(OPOCCOCCOCCOPOc2ccc(C(C)(C)C)cc2C(C)(C)C)c(C(C)(C)C)c1. The van der Waals surface area contributed by atoms with Crippen molar-refractivity contribution in [3.05, 3.63) is 58.7 Å². The summed E-state index contributed by atoms with van der Waals surface area (Å²) in [6.07, 6.45) is 0. The first-order chi connectivity index (χ1) is 19.4. The van der Waals surface area contributed by atoms with E-state index >= 15 is 0 Å². The zero-order chi connectivity index (χ0) is 31.6. The van der Waals surface area contributed by atoms with Crippen molar-refractivity contribution in [1.29, 1.82) is 0 Å². The van der Waals surface area contributed by atoms with Crippen LogP contribution in [0.4, 0.5) is 0 Å². The minimum atomic E-state index is -0.0769. The van der Waals surface area contributed by atoms with Crippen LogP contribution in [-0.2, 0) is 40.2 Å². The van der Waals surface area contributed by atoms with Crippen molar-refractivity contribution in [3.8, 4) is 11.5 Å². The molecule has 0 amide bonds. The first-order valence-corrected chi connectivity index (χ1v) is 16.6. The van der Waals surface area contributed by atoms with Gasteiger partial charge in [0, 0.05) is 11.1 Å². The number of ether oxygens (including phenoxy) is 2. The zero-order valence-electron chi connectivity index (χ0n) is 28.2. The van der Waals surface area contributed by atoms with E-state index in [1.54, 1.807) is 0 Å². The summed E-state index contributed by atoms with van der Waals surface area (Å²) in [4.78, 5) is 0. The van der Waals surface area contributed by atoms with E-state index in [0.717, 1.165) is 11.5 Å². The van der Waals surface area contributed by atoms with Gasteiger partial charge in [-0.1, -0.05) is 107 Å². The van der Waals surface area contributed by atoms with Gasteiger partial charge in [0.15, 0.2) is 0 Å². The standard InChI is InChI=1S/C34H56O6P2/c1-31(2,3)25-13-15-29(27(23-25)33(7,8)9)39-41-37-21-19-35-17-18-36-20-22-38-42-40-30-16-14-26(32(4,5)6)24-28(30)34(10,11)12/h13-16,23-24,41-42H,17-22H2,1-12H3. The molecule has 0 bridgehead atoms. The van der Waals surface area contributed by atoms with E-state index in [0.29, 0.717) is 39.6 Å². The highest BCUT2D eigenvalue weighted by Gasteiger charge is 2.24. The Bertz CT molecular complexity index is 1000. The van der Waals surface area contributed by atoms with E-state index in [-0.39, 0.29) is 39.7 Å². The predicted molar refractivity (Wildman–Crippen MR) is 179 cm³/mol. The van der Waals surface area contributed by atoms with Gasteiger partial charge in [-0.25, -0.2) is 0 Å². The van der Waals surface area contributed by atoms with Crippen molar-refractivity contribution in [2.24, 2.45) is 0 Å². The highest BCUT2D eigenvalue weighted by molar-refractivity contribution is 7.26. The third-order valence-corrected chi connectivity index (χ3v) is 8.01. The molecule has 238 valence electrons. The Morgan fingerprint density at radius 1 is 0.452 bits per heavy atom. The molecule has 0 radical (unpaired) electrons. The molecule has 0 saturated heterocycles. The lowest BCUT2D eigenvalue weighted by Gasteiger charge is -2.27. The molecule has 0 aliphatic heterocycles. The van der Waals surface area contributed by atoms with E-state index < -0.39 is 0 Å². The highest BCUT2D eigenvalue weighted by Crippen LogP contribution is 2.39. The maximum Gasteiger partial charge on any atom is 0.215 e. The molecule has 8 heteroatoms. The normalized spacial score (nSPS) is 13.5. The van der Waals surface area contributed by atoms with Crippen molar-refractivity contribution in [2.75, 3.05) is 39.6 Å². The van der Waals surface area contributed by atoms with Gasteiger partial charge in [0.2, 0.25) is 18.1 Å². The van der Waals surface area contributed by atoms with Crippen LogP contribution < -0.4 is 9.05 Å². The molecule has 0 N–H and O–H groups in total. The molecule has 2 atom stereocenters. The van der Waals surface area contributed by atoms with Crippen LogP contribution in [0, 0.1) is 0 Å². The summed E-state index contributed by atoms with van der Waals surface area (Å²) in [6.45, 7) is 29.5. The molecule has 6 nitrogen and oxygen atoms in total. The Labute approximate surface area is 259 Å². The molecule has 0 heterocycles. The Kier molecular flexibility index (Phi) is 14.2. The number of benzene rings is 2. The summed E-state index contributed by atoms with van der Waals surface area (Å²) >= 11 is 0. The van der Waals surface area contributed by atoms with Gasteiger partial charge in [-0.15, -0.1) is 0 Å². The Hall–Kier alpha value is -1.26. The number of hydrogen-bond acceptors (Lipinski definition) is 6. The van der Waals surface area contributed by atoms with Gasteiger partial charge in [-0.3, -0.25) is 0 Å². The molecule has 0 saturated carbocycles. The van der Waals surface area contributed by atoms with Crippen LogP contribution >= 0.6 is 18.1 Å². The summed E-state index contributed by atoms with van der Waals surface area (Å²) < 4.78 is 34.6. The minimum Gasteiger partial charge on any atom is -0.449 e. The third-order valence-electron chi connectivity index (χ3n) is 6.76. The fourth-order valence-electron chi connectivity index (χ4n) is 4.10. The highest BCUT2D eigenvalue weighted by atomic mass is 31.1. The Balaban J connectivity index is 1.57. The topological polar surface area (TPSA) is 55.4 Å². The molecule has 0 aliphatic rings. The molecule has 2 aromatic carbocycles. The molecule has 0 aliphatic carbocycles. The number of rotatable bonds is 15. The summed E-state index contributed by atoms with van der Waals surface area (Å²) in [5.74, 6) is 1.76. The van der Waals surface area contributed by atoms with Crippen LogP contribution in [0.1, 0.15) is 105 Å². The molecular formula is C34H56O6P2. The second kappa shape index (κ2) is 16.2. The van der Waals surface area contributed by atoms with Gasteiger partial charge in [0.1, 0.15) is 11.5 Å². The fraction of sp³-hybridized carbons (Fsp3) is 0.647. The molecule has 2 rings (SSSR count). The molecular weight excluding hydrogens is 566 g/mol. The quantitative estimate of drug-likeness (QED) is 0.146. The van der Waals surface area contributed by atoms with Crippen molar-refractivity contribution < 1.29 is 27.6 Å². The van der Waals surface area contributed by atoms with Crippen LogP contribution in [0.25, 0.3) is 0 Å². The van der Waals surface area contributed by atoms with Crippen molar-refractivity contribution >= 4 is 18.1 Å². The second-order valence-corrected chi connectivity index (χ2v) is 16.0. The monoisotopic (exact) mass is 622 g/mol. The maximum atomic E-state index is 5.99. The predicted octanol–water partition coefficient (Wildman–Crippen LogP) is 9.42. The average Bonchev–Trinajstić information content (AvgIpc) is 2.86. The fourth-order valence-corrected chi connectivity index (χ4v) is 5.09. The largest absolute Gasteiger partial charge is 0.449 e. The van der Waals surface area contributed by atoms with Crippen molar-refractivity contribution in [3.63, 3.8) is 0 Å². The number of hydrogen-bond donors (Lipinski definition) is 0. The molecule has 0 spiro atoms. The first-order valence-electron chi connectivity index (χ1n) is 14.9. The molecule has 42 heavy (non-hydrogen) atoms. The smallest absolute Gasteiger partial charge is 0.215 e. The van der Waals surface area contributed by atoms with Crippen molar-refractivity contribution in [1.82, 2.24) is 0 Å². The lowest BCUT2D eigenvalue weighted by Crippen LogP contribution is -2.17. The average molecular weight is 623 g/mol. The van der Waals surface area contributed by atoms with Gasteiger partial charge < -0.3 is 27.6 Å². The first kappa shape index (κ1) is 36.9. The lowest BCUT2D eigenvalue weighted by molar-refractivity contribution is 0.0289. The summed E-state index contributed by atoms with van der Waals surface area (Å²) in [6, 6.07) is 12.9. The third kappa shape index (κ3) is 12.8. The molecule has 2 unspecified atom stereocenters. The second-order valence-electron chi connectivity index (χ2n) is 14.7. The van der Waals surface area contributed by atoms with E-state index in [2.05, 4.69) is 119 Å². The van der Waals surface area contributed by atoms with E-state index in [1.807, 2.05) is 0 Å². The maximum absolute atomic E-state index is 5.99. The van der Waals surface area contributed by atoms with Gasteiger partial charge in [0.25, 0.3) is 0 Å².